The fourth-order valence-electron chi connectivity index (χ4n) is 6.29. The second-order valence-electron chi connectivity index (χ2n) is 12.4. The topological polar surface area (TPSA) is 129 Å². The third-order valence-corrected chi connectivity index (χ3v) is 8.48. The molecule has 1 aromatic heterocycles. The number of nitrogens with one attached hydrogen (secondary N) is 2. The molecule has 1 aromatic carbocycles. The van der Waals surface area contributed by atoms with Crippen LogP contribution in [0.2, 0.25) is 0 Å². The molecule has 1 saturated heterocycles. The van der Waals surface area contributed by atoms with E-state index in [1.807, 2.05) is 30.3 Å². The summed E-state index contributed by atoms with van der Waals surface area (Å²) in [6, 6.07) is 7.69. The normalized spacial score (nSPS) is 28.9. The highest BCUT2D eigenvalue weighted by atomic mass is 16.5. The average Bonchev–Trinajstić information content (AvgIpc) is 3.32. The van der Waals surface area contributed by atoms with E-state index in [9.17, 15) is 9.90 Å². The fraction of sp³-hybridized carbons (Fsp3) is 0.516. The third-order valence-electron chi connectivity index (χ3n) is 8.48. The quantitative estimate of drug-likeness (QED) is 0.409. The number of H-pyrrole nitrogens is 1. The molecule has 212 valence electrons. The van der Waals surface area contributed by atoms with Gasteiger partial charge in [-0.15, -0.1) is 0 Å². The number of carbonyl (C=O) groups is 1. The number of hydrogen-bond acceptors (Lipinski definition) is 7. The number of nitriles is 1. The van der Waals surface area contributed by atoms with Gasteiger partial charge in [0.2, 0.25) is 0 Å². The molecule has 2 bridgehead atoms. The summed E-state index contributed by atoms with van der Waals surface area (Å²) in [4.78, 5) is 19.8. The van der Waals surface area contributed by atoms with E-state index >= 15 is 0 Å². The highest BCUT2D eigenvalue weighted by Gasteiger charge is 2.53. The Kier molecular flexibility index (Phi) is 7.48. The van der Waals surface area contributed by atoms with Crippen LogP contribution in [0.5, 0.6) is 0 Å². The van der Waals surface area contributed by atoms with Gasteiger partial charge in [-0.3, -0.25) is 4.79 Å². The molecule has 6 rings (SSSR count). The molecule has 0 saturated carbocycles. The van der Waals surface area contributed by atoms with Gasteiger partial charge in [0.25, 0.3) is 5.91 Å². The van der Waals surface area contributed by atoms with Crippen molar-refractivity contribution < 1.29 is 24.1 Å². The molecular formula is C31H38N4O5. The molecule has 9 nitrogen and oxygen atoms in total. The van der Waals surface area contributed by atoms with Gasteiger partial charge in [0.1, 0.15) is 17.4 Å². The number of rotatable bonds is 8. The Balaban J connectivity index is 1.55. The van der Waals surface area contributed by atoms with Gasteiger partial charge in [-0.1, -0.05) is 38.1 Å². The highest BCUT2D eigenvalue weighted by Crippen LogP contribution is 2.51. The van der Waals surface area contributed by atoms with Crippen molar-refractivity contribution >= 4 is 17.2 Å². The molecule has 3 heterocycles. The Morgan fingerprint density at radius 1 is 1.23 bits per heavy atom. The van der Waals surface area contributed by atoms with Gasteiger partial charge in [0.05, 0.1) is 31.6 Å². The number of ether oxygens (including phenoxy) is 3. The van der Waals surface area contributed by atoms with Gasteiger partial charge in [-0.2, -0.15) is 5.26 Å². The number of aromatic amines is 1. The first kappa shape index (κ1) is 28.2. The van der Waals surface area contributed by atoms with Crippen LogP contribution in [0.15, 0.2) is 42.6 Å². The maximum Gasteiger partial charge on any atom is 0.291 e. The predicted octanol–water partition coefficient (Wildman–Crippen LogP) is 4.71. The summed E-state index contributed by atoms with van der Waals surface area (Å²) >= 11 is 0. The predicted molar refractivity (Wildman–Crippen MR) is 150 cm³/mol. The third kappa shape index (κ3) is 5.50. The van der Waals surface area contributed by atoms with Crippen molar-refractivity contribution in [3.63, 3.8) is 0 Å². The number of imidazole rings is 1. The molecule has 40 heavy (non-hydrogen) atoms. The SMILES string of the molecule is COC[C@]12C=C[C@](COC)(C[C@@](O)(c3ccc(NC(=O)c4ncc(C#N)[nH]4)c(C4=CCC(C)(C)CC4)c3)C1)OC2. The van der Waals surface area contributed by atoms with Crippen LogP contribution in [-0.2, 0) is 19.8 Å². The lowest BCUT2D eigenvalue weighted by molar-refractivity contribution is -0.100. The summed E-state index contributed by atoms with van der Waals surface area (Å²) in [5.74, 6) is -0.371. The number of anilines is 1. The van der Waals surface area contributed by atoms with Crippen molar-refractivity contribution in [3.05, 3.63) is 65.3 Å². The van der Waals surface area contributed by atoms with Crippen LogP contribution in [-0.4, -0.2) is 60.6 Å². The smallest absolute Gasteiger partial charge is 0.291 e. The zero-order chi connectivity index (χ0) is 28.6. The first-order valence-electron chi connectivity index (χ1n) is 13.7. The van der Waals surface area contributed by atoms with Crippen molar-refractivity contribution in [3.8, 4) is 6.07 Å². The van der Waals surface area contributed by atoms with Gasteiger partial charge in [0, 0.05) is 37.3 Å². The number of carbonyl (C=O) groups excluding carboxylic acids is 1. The molecular weight excluding hydrogens is 508 g/mol. The van der Waals surface area contributed by atoms with E-state index in [1.165, 1.54) is 6.20 Å². The molecule has 1 amide bonds. The largest absolute Gasteiger partial charge is 0.385 e. The zero-order valence-corrected chi connectivity index (χ0v) is 23.7. The first-order valence-corrected chi connectivity index (χ1v) is 13.7. The van der Waals surface area contributed by atoms with E-state index in [0.29, 0.717) is 38.3 Å². The number of hydrogen-bond donors (Lipinski definition) is 3. The standard InChI is InChI=1S/C31H38N4O5/c1-28(2)9-7-21(8-10-28)24-13-22(5-6-25(24)35-27(36)26-33-15-23(14-32)34-26)31(37)16-29(18-38-3)11-12-30(17-31,20-39-4)40-19-29/h5-7,11-13,15,37H,8-10,16-20H2,1-4H3,(H,33,34)(H,35,36)/t29-,30+,31+/m0/s1. The molecule has 9 heteroatoms. The number of nitrogens with zero attached hydrogens (tertiary/aromatic N) is 2. The van der Waals surface area contributed by atoms with Crippen LogP contribution in [0, 0.1) is 22.2 Å². The van der Waals surface area contributed by atoms with Crippen molar-refractivity contribution in [1.82, 2.24) is 9.97 Å². The van der Waals surface area contributed by atoms with Crippen LogP contribution >= 0.6 is 0 Å². The molecule has 0 radical (unpaired) electrons. The molecule has 0 unspecified atom stereocenters. The Morgan fingerprint density at radius 2 is 2.02 bits per heavy atom. The second-order valence-corrected chi connectivity index (χ2v) is 12.4. The Morgan fingerprint density at radius 3 is 2.65 bits per heavy atom. The minimum atomic E-state index is -1.23. The fourth-order valence-corrected chi connectivity index (χ4v) is 6.29. The number of aromatic nitrogens is 2. The zero-order valence-electron chi connectivity index (χ0n) is 23.7. The average molecular weight is 547 g/mol. The van der Waals surface area contributed by atoms with Gasteiger partial charge < -0.3 is 29.6 Å². The van der Waals surface area contributed by atoms with Crippen molar-refractivity contribution in [2.24, 2.45) is 10.8 Å². The molecule has 2 aliphatic heterocycles. The van der Waals surface area contributed by atoms with Crippen LogP contribution in [0.4, 0.5) is 5.69 Å². The Bertz CT molecular complexity index is 1360. The van der Waals surface area contributed by atoms with E-state index in [4.69, 9.17) is 19.5 Å². The van der Waals surface area contributed by atoms with Crippen molar-refractivity contribution in [2.75, 3.05) is 39.4 Å². The lowest BCUT2D eigenvalue weighted by atomic mass is 9.73. The maximum atomic E-state index is 13.1. The number of fused-ring (bicyclic) bond motifs is 3. The van der Waals surface area contributed by atoms with Gasteiger partial charge >= 0.3 is 0 Å². The summed E-state index contributed by atoms with van der Waals surface area (Å²) in [6.07, 6.45) is 11.3. The summed E-state index contributed by atoms with van der Waals surface area (Å²) in [5, 5.41) is 24.5. The van der Waals surface area contributed by atoms with E-state index in [1.54, 1.807) is 14.2 Å². The number of benzene rings is 1. The van der Waals surface area contributed by atoms with Crippen molar-refractivity contribution in [1.29, 1.82) is 5.26 Å². The molecule has 3 atom stereocenters. The molecule has 1 fully saturated rings. The van der Waals surface area contributed by atoms with Gasteiger partial charge in [-0.05, 0) is 54.4 Å². The number of amides is 1. The van der Waals surface area contributed by atoms with Crippen molar-refractivity contribution in [2.45, 2.75) is 57.2 Å². The van der Waals surface area contributed by atoms with Gasteiger partial charge in [0.15, 0.2) is 5.82 Å². The van der Waals surface area contributed by atoms with E-state index < -0.39 is 22.5 Å². The Labute approximate surface area is 235 Å². The minimum absolute atomic E-state index is 0.0653. The summed E-state index contributed by atoms with van der Waals surface area (Å²) in [5.41, 5.74) is 1.34. The monoisotopic (exact) mass is 546 g/mol. The van der Waals surface area contributed by atoms with Crippen LogP contribution < -0.4 is 5.32 Å². The summed E-state index contributed by atoms with van der Waals surface area (Å²) < 4.78 is 17.5. The van der Waals surface area contributed by atoms with Crippen LogP contribution in [0.1, 0.15) is 73.4 Å². The molecule has 2 aliphatic carbocycles. The number of allylic oxidation sites excluding steroid dienone is 2. The molecule has 3 N–H and O–H groups in total. The molecule has 4 aliphatic rings. The second kappa shape index (κ2) is 10.6. The highest BCUT2D eigenvalue weighted by molar-refractivity contribution is 6.03. The first-order chi connectivity index (χ1) is 19.0. The van der Waals surface area contributed by atoms with E-state index in [0.717, 1.165) is 36.0 Å². The lowest BCUT2D eigenvalue weighted by Crippen LogP contribution is -2.42. The number of methoxy groups -OCH3 is 2. The summed E-state index contributed by atoms with van der Waals surface area (Å²) in [7, 11) is 3.30. The van der Waals surface area contributed by atoms with E-state index in [-0.39, 0.29) is 16.9 Å². The van der Waals surface area contributed by atoms with Crippen LogP contribution in [0.25, 0.3) is 5.57 Å². The minimum Gasteiger partial charge on any atom is -0.385 e. The lowest BCUT2D eigenvalue weighted by Gasteiger charge is -2.36. The van der Waals surface area contributed by atoms with Gasteiger partial charge in [-0.25, -0.2) is 4.98 Å². The number of aliphatic hydroxyl groups is 1. The molecule has 0 spiro atoms. The molecule has 2 aromatic rings. The maximum absolute atomic E-state index is 13.1. The summed E-state index contributed by atoms with van der Waals surface area (Å²) in [6.45, 7) is 5.68. The Hall–Kier alpha value is -3.29. The van der Waals surface area contributed by atoms with Crippen LogP contribution in [0.3, 0.4) is 0 Å². The van der Waals surface area contributed by atoms with E-state index in [2.05, 4.69) is 41.3 Å².